The molecule has 0 aromatic rings. The Morgan fingerprint density at radius 3 is 2.15 bits per heavy atom. The largest absolute Gasteiger partial charge is 0.393 e. The van der Waals surface area contributed by atoms with Gasteiger partial charge in [0, 0.05) is 13.1 Å². The van der Waals surface area contributed by atoms with Crippen molar-refractivity contribution in [2.75, 3.05) is 7.05 Å². The number of aliphatic hydroxyl groups is 1. The lowest BCUT2D eigenvalue weighted by Gasteiger charge is -2.55. The molecule has 0 amide bonds. The molecule has 13 heavy (non-hydrogen) atoms. The second-order valence-corrected chi connectivity index (χ2v) is 5.44. The van der Waals surface area contributed by atoms with Gasteiger partial charge in [-0.3, -0.25) is 0 Å². The standard InChI is InChI=1S/C10H19NOS/c1-6(12)7-8(10(2,3)4)11(5)9(7)13/h6-8,12H,1-5H3/t6-,7-,8+/m1/s1. The summed E-state index contributed by atoms with van der Waals surface area (Å²) < 4.78 is 0. The van der Waals surface area contributed by atoms with Crippen molar-refractivity contribution < 1.29 is 5.11 Å². The van der Waals surface area contributed by atoms with Crippen LogP contribution in [0.25, 0.3) is 0 Å². The van der Waals surface area contributed by atoms with Crippen molar-refractivity contribution in [2.45, 2.75) is 39.8 Å². The first-order valence-corrected chi connectivity index (χ1v) is 5.12. The maximum atomic E-state index is 9.58. The van der Waals surface area contributed by atoms with Crippen molar-refractivity contribution >= 4 is 17.2 Å². The zero-order valence-electron chi connectivity index (χ0n) is 9.03. The molecular formula is C10H19NOS. The van der Waals surface area contributed by atoms with Crippen LogP contribution in [0.1, 0.15) is 27.7 Å². The van der Waals surface area contributed by atoms with E-state index >= 15 is 0 Å². The quantitative estimate of drug-likeness (QED) is 0.653. The Morgan fingerprint density at radius 1 is 1.46 bits per heavy atom. The molecule has 3 heteroatoms. The van der Waals surface area contributed by atoms with Crippen molar-refractivity contribution in [3.05, 3.63) is 0 Å². The molecular weight excluding hydrogens is 182 g/mol. The molecule has 1 aliphatic rings. The third kappa shape index (κ3) is 1.72. The number of hydrogen-bond donors (Lipinski definition) is 1. The fourth-order valence-corrected chi connectivity index (χ4v) is 2.70. The van der Waals surface area contributed by atoms with Gasteiger partial charge >= 0.3 is 0 Å². The van der Waals surface area contributed by atoms with Gasteiger partial charge in [0.2, 0.25) is 0 Å². The maximum Gasteiger partial charge on any atom is 0.0858 e. The third-order valence-electron chi connectivity index (χ3n) is 2.80. The van der Waals surface area contributed by atoms with E-state index in [9.17, 15) is 5.11 Å². The second kappa shape index (κ2) is 3.21. The summed E-state index contributed by atoms with van der Waals surface area (Å²) in [5, 5.41) is 9.58. The van der Waals surface area contributed by atoms with Crippen LogP contribution < -0.4 is 0 Å². The molecule has 0 aromatic carbocycles. The van der Waals surface area contributed by atoms with E-state index < -0.39 is 0 Å². The molecule has 0 bridgehead atoms. The first kappa shape index (κ1) is 10.9. The van der Waals surface area contributed by atoms with Crippen LogP contribution >= 0.6 is 12.2 Å². The molecule has 1 fully saturated rings. The summed E-state index contributed by atoms with van der Waals surface area (Å²) in [6.45, 7) is 8.38. The van der Waals surface area contributed by atoms with Crippen LogP contribution in [-0.4, -0.2) is 34.2 Å². The second-order valence-electron chi connectivity index (χ2n) is 5.03. The van der Waals surface area contributed by atoms with Crippen LogP contribution in [0.2, 0.25) is 0 Å². The molecule has 76 valence electrons. The lowest BCUT2D eigenvalue weighted by atomic mass is 9.70. The number of aliphatic hydroxyl groups excluding tert-OH is 1. The smallest absolute Gasteiger partial charge is 0.0858 e. The number of thiocarbonyl (C=S) groups is 1. The Balaban J connectivity index is 2.81. The summed E-state index contributed by atoms with van der Waals surface area (Å²) in [5.74, 6) is 0.167. The molecule has 1 rings (SSSR count). The highest BCUT2D eigenvalue weighted by molar-refractivity contribution is 7.80. The van der Waals surface area contributed by atoms with E-state index in [0.29, 0.717) is 6.04 Å². The molecule has 0 aromatic heterocycles. The van der Waals surface area contributed by atoms with Crippen molar-refractivity contribution in [1.29, 1.82) is 0 Å². The molecule has 1 heterocycles. The first-order chi connectivity index (χ1) is 5.76. The van der Waals surface area contributed by atoms with Crippen molar-refractivity contribution in [3.63, 3.8) is 0 Å². The molecule has 1 aliphatic heterocycles. The fraction of sp³-hybridized carbons (Fsp3) is 0.900. The average Bonchev–Trinajstić information content (AvgIpc) is 1.94. The number of hydrogen-bond acceptors (Lipinski definition) is 2. The first-order valence-electron chi connectivity index (χ1n) is 4.71. The Bertz CT molecular complexity index is 219. The van der Waals surface area contributed by atoms with Crippen LogP contribution in [0, 0.1) is 11.3 Å². The molecule has 0 spiro atoms. The van der Waals surface area contributed by atoms with E-state index in [2.05, 4.69) is 25.7 Å². The summed E-state index contributed by atoms with van der Waals surface area (Å²) >= 11 is 5.22. The monoisotopic (exact) mass is 201 g/mol. The SMILES string of the molecule is C[C@@H](O)[C@H]1C(=S)N(C)[C@@H]1C(C)(C)C. The zero-order valence-corrected chi connectivity index (χ0v) is 9.85. The average molecular weight is 201 g/mol. The van der Waals surface area contributed by atoms with Gasteiger partial charge in [0.15, 0.2) is 0 Å². The van der Waals surface area contributed by atoms with E-state index in [0.717, 1.165) is 4.99 Å². The van der Waals surface area contributed by atoms with Crippen LogP contribution in [0.4, 0.5) is 0 Å². The van der Waals surface area contributed by atoms with Gasteiger partial charge < -0.3 is 10.0 Å². The Morgan fingerprint density at radius 2 is 1.92 bits per heavy atom. The summed E-state index contributed by atoms with van der Waals surface area (Å²) in [7, 11) is 2.01. The van der Waals surface area contributed by atoms with E-state index in [1.807, 2.05) is 14.0 Å². The van der Waals surface area contributed by atoms with Crippen LogP contribution in [0.5, 0.6) is 0 Å². The Hall–Kier alpha value is -0.150. The lowest BCUT2D eigenvalue weighted by Crippen LogP contribution is -2.66. The van der Waals surface area contributed by atoms with Crippen LogP contribution in [0.3, 0.4) is 0 Å². The zero-order chi connectivity index (χ0) is 10.4. The van der Waals surface area contributed by atoms with Gasteiger partial charge in [-0.15, -0.1) is 0 Å². The van der Waals surface area contributed by atoms with Crippen molar-refractivity contribution in [2.24, 2.45) is 11.3 Å². The minimum Gasteiger partial charge on any atom is -0.393 e. The van der Waals surface area contributed by atoms with Crippen molar-refractivity contribution in [3.8, 4) is 0 Å². The van der Waals surface area contributed by atoms with Gasteiger partial charge in [-0.25, -0.2) is 0 Å². The van der Waals surface area contributed by atoms with Gasteiger partial charge in [0.05, 0.1) is 17.0 Å². The van der Waals surface area contributed by atoms with Crippen molar-refractivity contribution in [1.82, 2.24) is 4.90 Å². The van der Waals surface area contributed by atoms with Gasteiger partial charge in [-0.2, -0.15) is 0 Å². The summed E-state index contributed by atoms with van der Waals surface area (Å²) in [4.78, 5) is 3.00. The minimum atomic E-state index is -0.326. The molecule has 0 unspecified atom stereocenters. The van der Waals surface area contributed by atoms with Gasteiger partial charge in [0.25, 0.3) is 0 Å². The molecule has 2 nitrogen and oxygen atoms in total. The molecule has 0 saturated carbocycles. The third-order valence-corrected chi connectivity index (χ3v) is 3.36. The normalized spacial score (nSPS) is 31.5. The van der Waals surface area contributed by atoms with Gasteiger partial charge in [-0.05, 0) is 12.3 Å². The topological polar surface area (TPSA) is 23.5 Å². The highest BCUT2D eigenvalue weighted by atomic mass is 32.1. The van der Waals surface area contributed by atoms with Crippen LogP contribution in [-0.2, 0) is 0 Å². The molecule has 0 aliphatic carbocycles. The Kier molecular flexibility index (Phi) is 2.70. The Labute approximate surface area is 85.9 Å². The lowest BCUT2D eigenvalue weighted by molar-refractivity contribution is 0.0193. The minimum absolute atomic E-state index is 0.167. The summed E-state index contributed by atoms with van der Waals surface area (Å²) in [6, 6.07) is 0.375. The number of likely N-dealkylation sites (tertiary alicyclic amines) is 1. The highest BCUT2D eigenvalue weighted by Crippen LogP contribution is 2.40. The number of rotatable bonds is 1. The van der Waals surface area contributed by atoms with Gasteiger partial charge in [0.1, 0.15) is 0 Å². The van der Waals surface area contributed by atoms with E-state index in [1.165, 1.54) is 0 Å². The number of nitrogens with zero attached hydrogens (tertiary/aromatic N) is 1. The summed E-state index contributed by atoms with van der Waals surface area (Å²) in [5.41, 5.74) is 0.179. The predicted octanol–water partition coefficient (Wildman–Crippen LogP) is 1.67. The van der Waals surface area contributed by atoms with E-state index in [4.69, 9.17) is 12.2 Å². The highest BCUT2D eigenvalue weighted by Gasteiger charge is 2.49. The van der Waals surface area contributed by atoms with Crippen LogP contribution in [0.15, 0.2) is 0 Å². The molecule has 0 radical (unpaired) electrons. The fourth-order valence-electron chi connectivity index (χ4n) is 2.26. The molecule has 1 saturated heterocycles. The molecule has 1 N–H and O–H groups in total. The van der Waals surface area contributed by atoms with E-state index in [-0.39, 0.29) is 17.4 Å². The van der Waals surface area contributed by atoms with Gasteiger partial charge in [-0.1, -0.05) is 33.0 Å². The van der Waals surface area contributed by atoms with E-state index in [1.54, 1.807) is 0 Å². The predicted molar refractivity (Wildman–Crippen MR) is 58.8 cm³/mol. The summed E-state index contributed by atoms with van der Waals surface area (Å²) in [6.07, 6.45) is -0.326. The maximum absolute atomic E-state index is 9.58. The molecule has 3 atom stereocenters.